The van der Waals surface area contributed by atoms with Crippen molar-refractivity contribution >= 4 is 11.9 Å². The predicted octanol–water partition coefficient (Wildman–Crippen LogP) is 1.23. The molecule has 1 aromatic heterocycles. The van der Waals surface area contributed by atoms with E-state index in [1.807, 2.05) is 12.1 Å². The molecule has 1 amide bonds. The average molecular weight is 373 g/mol. The molecule has 1 N–H and O–H groups in total. The Bertz CT molecular complexity index is 858. The van der Waals surface area contributed by atoms with E-state index in [9.17, 15) is 14.4 Å². The second-order valence-corrected chi connectivity index (χ2v) is 6.26. The number of esters is 1. The molecule has 0 saturated carbocycles. The van der Waals surface area contributed by atoms with E-state index in [0.29, 0.717) is 11.4 Å². The van der Waals surface area contributed by atoms with Gasteiger partial charge in [-0.25, -0.2) is 9.48 Å². The summed E-state index contributed by atoms with van der Waals surface area (Å²) in [5, 5.41) is 6.83. The summed E-state index contributed by atoms with van der Waals surface area (Å²) < 4.78 is 10.9. The maximum absolute atomic E-state index is 12.3. The zero-order valence-electron chi connectivity index (χ0n) is 15.8. The zero-order valence-corrected chi connectivity index (χ0v) is 15.8. The summed E-state index contributed by atoms with van der Waals surface area (Å²) in [6.45, 7) is 3.27. The van der Waals surface area contributed by atoms with Crippen LogP contribution in [0.2, 0.25) is 0 Å². The molecule has 0 radical (unpaired) electrons. The van der Waals surface area contributed by atoms with Gasteiger partial charge in [0.15, 0.2) is 0 Å². The van der Waals surface area contributed by atoms with Gasteiger partial charge in [-0.2, -0.15) is 5.10 Å². The van der Waals surface area contributed by atoms with Crippen molar-refractivity contribution in [1.29, 1.82) is 0 Å². The van der Waals surface area contributed by atoms with Crippen molar-refractivity contribution in [2.24, 2.45) is 5.92 Å². The van der Waals surface area contributed by atoms with E-state index < -0.39 is 23.5 Å². The van der Waals surface area contributed by atoms with Crippen molar-refractivity contribution in [3.8, 4) is 17.0 Å². The van der Waals surface area contributed by atoms with Gasteiger partial charge in [-0.05, 0) is 36.2 Å². The number of ether oxygens (including phenoxy) is 2. The third kappa shape index (κ3) is 5.16. The molecule has 8 nitrogen and oxygen atoms in total. The Hall–Kier alpha value is -3.16. The Morgan fingerprint density at radius 1 is 1.11 bits per heavy atom. The minimum Gasteiger partial charge on any atom is -0.497 e. The average Bonchev–Trinajstić information content (AvgIpc) is 2.67. The van der Waals surface area contributed by atoms with Gasteiger partial charge in [0, 0.05) is 11.6 Å². The minimum atomic E-state index is -0.789. The number of hydrogen-bond donors (Lipinski definition) is 1. The smallest absolute Gasteiger partial charge is 0.328 e. The number of aromatic nitrogens is 2. The monoisotopic (exact) mass is 373 g/mol. The third-order valence-corrected chi connectivity index (χ3v) is 3.98. The van der Waals surface area contributed by atoms with Gasteiger partial charge in [-0.3, -0.25) is 9.59 Å². The number of carbonyl (C=O) groups excluding carboxylic acids is 2. The Morgan fingerprint density at radius 2 is 1.78 bits per heavy atom. The maximum atomic E-state index is 12.3. The molecule has 0 spiro atoms. The molecule has 27 heavy (non-hydrogen) atoms. The van der Waals surface area contributed by atoms with Crippen molar-refractivity contribution < 1.29 is 19.1 Å². The van der Waals surface area contributed by atoms with Crippen LogP contribution in [0.25, 0.3) is 11.3 Å². The van der Waals surface area contributed by atoms with E-state index in [2.05, 4.69) is 10.4 Å². The van der Waals surface area contributed by atoms with Crippen LogP contribution in [0.3, 0.4) is 0 Å². The molecule has 1 aromatic carbocycles. The molecule has 2 aromatic rings. The summed E-state index contributed by atoms with van der Waals surface area (Å²) in [5.41, 5.74) is 0.902. The molecule has 2 rings (SSSR count). The summed E-state index contributed by atoms with van der Waals surface area (Å²) >= 11 is 0. The number of methoxy groups -OCH3 is 2. The maximum Gasteiger partial charge on any atom is 0.328 e. The molecule has 0 unspecified atom stereocenters. The standard InChI is InChI=1S/C19H23N3O5/c1-12(2)18(19(25)27-4)20-16(23)11-22-17(24)10-9-15(21-22)13-5-7-14(26-3)8-6-13/h5-10,12,18H,11H2,1-4H3,(H,20,23)/t18-/m1/s1. The number of rotatable bonds is 7. The Kier molecular flexibility index (Phi) is 6.70. The fourth-order valence-corrected chi connectivity index (χ4v) is 2.46. The van der Waals surface area contributed by atoms with E-state index in [0.717, 1.165) is 10.2 Å². The minimum absolute atomic E-state index is 0.156. The lowest BCUT2D eigenvalue weighted by Crippen LogP contribution is -2.47. The van der Waals surface area contributed by atoms with Gasteiger partial charge < -0.3 is 14.8 Å². The van der Waals surface area contributed by atoms with Crippen LogP contribution >= 0.6 is 0 Å². The molecular formula is C19H23N3O5. The van der Waals surface area contributed by atoms with Crippen LogP contribution < -0.4 is 15.6 Å². The van der Waals surface area contributed by atoms with Crippen molar-refractivity contribution in [3.63, 3.8) is 0 Å². The van der Waals surface area contributed by atoms with Gasteiger partial charge in [0.25, 0.3) is 5.56 Å². The molecule has 1 heterocycles. The Balaban J connectivity index is 2.19. The van der Waals surface area contributed by atoms with Crippen LogP contribution in [0.5, 0.6) is 5.75 Å². The van der Waals surface area contributed by atoms with Gasteiger partial charge in [-0.15, -0.1) is 0 Å². The number of benzene rings is 1. The van der Waals surface area contributed by atoms with Gasteiger partial charge in [0.2, 0.25) is 5.91 Å². The number of hydrogen-bond acceptors (Lipinski definition) is 6. The Labute approximate surface area is 157 Å². The highest BCUT2D eigenvalue weighted by atomic mass is 16.5. The molecule has 0 aliphatic rings. The molecular weight excluding hydrogens is 350 g/mol. The third-order valence-electron chi connectivity index (χ3n) is 3.98. The van der Waals surface area contributed by atoms with E-state index in [1.165, 1.54) is 13.2 Å². The quantitative estimate of drug-likeness (QED) is 0.733. The van der Waals surface area contributed by atoms with Crippen LogP contribution in [0.15, 0.2) is 41.2 Å². The van der Waals surface area contributed by atoms with Crippen molar-refractivity contribution in [2.45, 2.75) is 26.4 Å². The van der Waals surface area contributed by atoms with Crippen LogP contribution in [-0.2, 0) is 20.9 Å². The van der Waals surface area contributed by atoms with Crippen LogP contribution in [-0.4, -0.2) is 41.9 Å². The van der Waals surface area contributed by atoms with Crippen molar-refractivity contribution in [1.82, 2.24) is 15.1 Å². The summed E-state index contributed by atoms with van der Waals surface area (Å²) in [6.07, 6.45) is 0. The largest absolute Gasteiger partial charge is 0.497 e. The molecule has 8 heteroatoms. The SMILES string of the molecule is COC(=O)[C@H](NC(=O)Cn1nc(-c2ccc(OC)cc2)ccc1=O)C(C)C. The summed E-state index contributed by atoms with van der Waals surface area (Å²) in [4.78, 5) is 36.1. The first-order valence-corrected chi connectivity index (χ1v) is 8.45. The highest BCUT2D eigenvalue weighted by Gasteiger charge is 2.25. The van der Waals surface area contributed by atoms with E-state index in [-0.39, 0.29) is 12.5 Å². The second-order valence-electron chi connectivity index (χ2n) is 6.26. The number of nitrogens with one attached hydrogen (secondary N) is 1. The normalized spacial score (nSPS) is 11.7. The number of amides is 1. The summed E-state index contributed by atoms with van der Waals surface area (Å²) in [7, 11) is 2.83. The lowest BCUT2D eigenvalue weighted by Gasteiger charge is -2.19. The van der Waals surface area contributed by atoms with Crippen molar-refractivity contribution in [3.05, 3.63) is 46.8 Å². The van der Waals surface area contributed by atoms with Gasteiger partial charge in [-0.1, -0.05) is 13.8 Å². The first-order valence-electron chi connectivity index (χ1n) is 8.45. The topological polar surface area (TPSA) is 99.5 Å². The molecule has 1 atom stereocenters. The van der Waals surface area contributed by atoms with E-state index in [4.69, 9.17) is 9.47 Å². The van der Waals surface area contributed by atoms with Crippen LogP contribution in [0, 0.1) is 5.92 Å². The van der Waals surface area contributed by atoms with E-state index >= 15 is 0 Å². The Morgan fingerprint density at radius 3 is 2.33 bits per heavy atom. The number of nitrogens with zero attached hydrogens (tertiary/aromatic N) is 2. The second kappa shape index (κ2) is 8.98. The molecule has 0 saturated heterocycles. The summed E-state index contributed by atoms with van der Waals surface area (Å²) in [6, 6.07) is 9.32. The zero-order chi connectivity index (χ0) is 20.0. The van der Waals surface area contributed by atoms with Crippen molar-refractivity contribution in [2.75, 3.05) is 14.2 Å². The molecule has 0 fully saturated rings. The molecule has 0 aliphatic carbocycles. The fourth-order valence-electron chi connectivity index (χ4n) is 2.46. The van der Waals surface area contributed by atoms with Gasteiger partial charge >= 0.3 is 5.97 Å². The van der Waals surface area contributed by atoms with Gasteiger partial charge in [0.05, 0.1) is 19.9 Å². The van der Waals surface area contributed by atoms with Crippen LogP contribution in [0.1, 0.15) is 13.8 Å². The van der Waals surface area contributed by atoms with Crippen LogP contribution in [0.4, 0.5) is 0 Å². The lowest BCUT2D eigenvalue weighted by molar-refractivity contribution is -0.146. The first kappa shape index (κ1) is 20.2. The highest BCUT2D eigenvalue weighted by Crippen LogP contribution is 2.19. The van der Waals surface area contributed by atoms with Gasteiger partial charge in [0.1, 0.15) is 18.3 Å². The number of carbonyl (C=O) groups is 2. The fraction of sp³-hybridized carbons (Fsp3) is 0.368. The summed E-state index contributed by atoms with van der Waals surface area (Å²) in [5.74, 6) is -0.489. The highest BCUT2D eigenvalue weighted by molar-refractivity contribution is 5.84. The molecule has 144 valence electrons. The lowest BCUT2D eigenvalue weighted by atomic mass is 10.0. The molecule has 0 bridgehead atoms. The predicted molar refractivity (Wildman–Crippen MR) is 99.3 cm³/mol. The molecule has 0 aliphatic heterocycles. The van der Waals surface area contributed by atoms with E-state index in [1.54, 1.807) is 39.2 Å². The first-order chi connectivity index (χ1) is 12.8.